The van der Waals surface area contributed by atoms with Gasteiger partial charge in [-0.2, -0.15) is 11.8 Å². The summed E-state index contributed by atoms with van der Waals surface area (Å²) in [5.41, 5.74) is 0. The summed E-state index contributed by atoms with van der Waals surface area (Å²) in [5, 5.41) is 3.47. The van der Waals surface area contributed by atoms with Crippen molar-refractivity contribution in [2.45, 2.75) is 42.9 Å². The number of hydrogen-bond donors (Lipinski definition) is 1. The van der Waals surface area contributed by atoms with Crippen molar-refractivity contribution in [1.29, 1.82) is 0 Å². The van der Waals surface area contributed by atoms with Crippen LogP contribution in [-0.2, 0) is 9.84 Å². The van der Waals surface area contributed by atoms with Gasteiger partial charge in [0.25, 0.3) is 0 Å². The third-order valence-corrected chi connectivity index (χ3v) is 7.08. The number of rotatable bonds is 4. The fourth-order valence-electron chi connectivity index (χ4n) is 2.76. The van der Waals surface area contributed by atoms with Gasteiger partial charge in [-0.25, -0.2) is 8.42 Å². The molecular formula is C11H21NO2S2. The minimum atomic E-state index is -2.74. The summed E-state index contributed by atoms with van der Waals surface area (Å²) in [6, 6.07) is 0.203. The first-order valence-corrected chi connectivity index (χ1v) is 9.09. The zero-order valence-electron chi connectivity index (χ0n) is 9.87. The van der Waals surface area contributed by atoms with Gasteiger partial charge < -0.3 is 5.32 Å². The van der Waals surface area contributed by atoms with E-state index in [-0.39, 0.29) is 6.04 Å². The first kappa shape index (κ1) is 12.7. The maximum absolute atomic E-state index is 11.3. The van der Waals surface area contributed by atoms with Crippen molar-refractivity contribution in [1.82, 2.24) is 5.32 Å². The van der Waals surface area contributed by atoms with Gasteiger partial charge in [-0.3, -0.25) is 0 Å². The number of nitrogens with one attached hydrogen (secondary N) is 1. The third-order valence-electron chi connectivity index (χ3n) is 3.89. The van der Waals surface area contributed by atoms with E-state index in [2.05, 4.69) is 11.6 Å². The van der Waals surface area contributed by atoms with Gasteiger partial charge in [-0.15, -0.1) is 0 Å². The molecule has 5 heteroatoms. The van der Waals surface area contributed by atoms with Crippen LogP contribution in [0.3, 0.4) is 0 Å². The van der Waals surface area contributed by atoms with Crippen LogP contribution in [0.5, 0.6) is 0 Å². The Hall–Kier alpha value is 0.260. The van der Waals surface area contributed by atoms with Gasteiger partial charge in [0.1, 0.15) is 0 Å². The quantitative estimate of drug-likeness (QED) is 0.834. The second kappa shape index (κ2) is 4.86. The lowest BCUT2D eigenvalue weighted by Gasteiger charge is -2.28. The second-order valence-electron chi connectivity index (χ2n) is 5.08. The van der Waals surface area contributed by atoms with E-state index in [1.165, 1.54) is 25.7 Å². The van der Waals surface area contributed by atoms with E-state index in [4.69, 9.17) is 0 Å². The van der Waals surface area contributed by atoms with E-state index >= 15 is 0 Å². The van der Waals surface area contributed by atoms with Crippen molar-refractivity contribution >= 4 is 21.6 Å². The van der Waals surface area contributed by atoms with E-state index in [1.807, 2.05) is 11.8 Å². The topological polar surface area (TPSA) is 46.2 Å². The summed E-state index contributed by atoms with van der Waals surface area (Å²) in [6.07, 6.45) is 8.18. The van der Waals surface area contributed by atoms with Crippen LogP contribution in [0.1, 0.15) is 32.1 Å². The van der Waals surface area contributed by atoms with Crippen LogP contribution in [0, 0.1) is 0 Å². The molecule has 1 saturated heterocycles. The summed E-state index contributed by atoms with van der Waals surface area (Å²) in [7, 11) is -2.74. The minimum Gasteiger partial charge on any atom is -0.312 e. The fraction of sp³-hybridized carbons (Fsp3) is 1.00. The Morgan fingerprint density at radius 2 is 2.06 bits per heavy atom. The van der Waals surface area contributed by atoms with E-state index in [1.54, 1.807) is 0 Å². The molecule has 0 amide bonds. The molecule has 1 atom stereocenters. The molecule has 0 aromatic carbocycles. The highest BCUT2D eigenvalue weighted by Gasteiger charge is 2.35. The molecule has 94 valence electrons. The van der Waals surface area contributed by atoms with Crippen LogP contribution in [0.25, 0.3) is 0 Å². The first-order valence-electron chi connectivity index (χ1n) is 6.04. The van der Waals surface area contributed by atoms with E-state index in [9.17, 15) is 8.42 Å². The highest BCUT2D eigenvalue weighted by Crippen LogP contribution is 2.39. The Balaban J connectivity index is 1.83. The molecule has 3 nitrogen and oxygen atoms in total. The summed E-state index contributed by atoms with van der Waals surface area (Å²) in [4.78, 5) is 0. The summed E-state index contributed by atoms with van der Waals surface area (Å²) in [6.45, 7) is 0.981. The van der Waals surface area contributed by atoms with E-state index in [0.717, 1.165) is 13.0 Å². The SMILES string of the molecule is CSC1(CNC2CCS(=O)(=O)C2)CCCC1. The molecule has 1 saturated carbocycles. The molecule has 0 spiro atoms. The van der Waals surface area contributed by atoms with Crippen LogP contribution in [0.4, 0.5) is 0 Å². The molecule has 1 aliphatic carbocycles. The molecule has 1 N–H and O–H groups in total. The van der Waals surface area contributed by atoms with Gasteiger partial charge in [0.05, 0.1) is 11.5 Å². The molecule has 1 unspecified atom stereocenters. The molecule has 0 bridgehead atoms. The summed E-state index contributed by atoms with van der Waals surface area (Å²) in [5.74, 6) is 0.717. The highest BCUT2D eigenvalue weighted by atomic mass is 32.2. The van der Waals surface area contributed by atoms with Gasteiger partial charge in [-0.1, -0.05) is 12.8 Å². The number of thioether (sulfide) groups is 1. The van der Waals surface area contributed by atoms with Gasteiger partial charge in [0.2, 0.25) is 0 Å². The lowest BCUT2D eigenvalue weighted by Crippen LogP contribution is -2.41. The maximum atomic E-state index is 11.3. The molecule has 2 fully saturated rings. The average Bonchev–Trinajstić information content (AvgIpc) is 2.83. The highest BCUT2D eigenvalue weighted by molar-refractivity contribution is 8.00. The summed E-state index contributed by atoms with van der Waals surface area (Å²) >= 11 is 1.95. The molecule has 1 heterocycles. The van der Waals surface area contributed by atoms with Crippen LogP contribution in [0.15, 0.2) is 0 Å². The average molecular weight is 263 g/mol. The largest absolute Gasteiger partial charge is 0.312 e. The Morgan fingerprint density at radius 1 is 1.38 bits per heavy atom. The van der Waals surface area contributed by atoms with Crippen molar-refractivity contribution in [3.8, 4) is 0 Å². The zero-order chi connectivity index (χ0) is 11.6. The van der Waals surface area contributed by atoms with Gasteiger partial charge in [0.15, 0.2) is 9.84 Å². The van der Waals surface area contributed by atoms with Crippen molar-refractivity contribution in [2.24, 2.45) is 0 Å². The van der Waals surface area contributed by atoms with Crippen molar-refractivity contribution < 1.29 is 8.42 Å². The molecule has 0 aromatic rings. The number of sulfone groups is 1. The Morgan fingerprint density at radius 3 is 2.56 bits per heavy atom. The van der Waals surface area contributed by atoms with E-state index in [0.29, 0.717) is 16.3 Å². The molecule has 2 rings (SSSR count). The smallest absolute Gasteiger partial charge is 0.151 e. The monoisotopic (exact) mass is 263 g/mol. The Kier molecular flexibility index (Phi) is 3.86. The molecule has 16 heavy (non-hydrogen) atoms. The van der Waals surface area contributed by atoms with E-state index < -0.39 is 9.84 Å². The maximum Gasteiger partial charge on any atom is 0.151 e. The van der Waals surface area contributed by atoms with Gasteiger partial charge >= 0.3 is 0 Å². The van der Waals surface area contributed by atoms with Gasteiger partial charge in [-0.05, 0) is 25.5 Å². The van der Waals surface area contributed by atoms with Crippen LogP contribution in [0.2, 0.25) is 0 Å². The van der Waals surface area contributed by atoms with Crippen LogP contribution >= 0.6 is 11.8 Å². The molecule has 0 aromatic heterocycles. The molecule has 1 aliphatic heterocycles. The second-order valence-corrected chi connectivity index (χ2v) is 8.58. The Labute approximate surface area is 103 Å². The van der Waals surface area contributed by atoms with Crippen LogP contribution < -0.4 is 5.32 Å². The van der Waals surface area contributed by atoms with Crippen molar-refractivity contribution in [3.05, 3.63) is 0 Å². The lowest BCUT2D eigenvalue weighted by atomic mass is 10.1. The van der Waals surface area contributed by atoms with Crippen molar-refractivity contribution in [3.63, 3.8) is 0 Å². The third kappa shape index (κ3) is 2.93. The van der Waals surface area contributed by atoms with Crippen LogP contribution in [-0.4, -0.2) is 43.5 Å². The zero-order valence-corrected chi connectivity index (χ0v) is 11.5. The van der Waals surface area contributed by atoms with Gasteiger partial charge in [0, 0.05) is 17.3 Å². The fourth-order valence-corrected chi connectivity index (χ4v) is 5.39. The Bertz CT molecular complexity index is 334. The summed E-state index contributed by atoms with van der Waals surface area (Å²) < 4.78 is 23.1. The molecule has 0 radical (unpaired) electrons. The standard InChI is InChI=1S/C11H21NO2S2/c1-15-11(5-2-3-6-11)9-12-10-4-7-16(13,14)8-10/h10,12H,2-9H2,1H3. The molecule has 2 aliphatic rings. The predicted molar refractivity (Wildman–Crippen MR) is 69.8 cm³/mol. The normalized spacial score (nSPS) is 31.9. The minimum absolute atomic E-state index is 0.203. The molecular weight excluding hydrogens is 242 g/mol. The number of hydrogen-bond acceptors (Lipinski definition) is 4. The predicted octanol–water partition coefficient (Wildman–Crippen LogP) is 1.44. The first-order chi connectivity index (χ1) is 7.55. The lowest BCUT2D eigenvalue weighted by molar-refractivity contribution is 0.480. The van der Waals surface area contributed by atoms with Crippen molar-refractivity contribution in [2.75, 3.05) is 24.3 Å².